The van der Waals surface area contributed by atoms with Gasteiger partial charge in [0.05, 0.1) is 23.9 Å². The zero-order chi connectivity index (χ0) is 20.8. The Kier molecular flexibility index (Phi) is 7.12. The predicted molar refractivity (Wildman–Crippen MR) is 114 cm³/mol. The lowest BCUT2D eigenvalue weighted by Crippen LogP contribution is -2.42. The Balaban J connectivity index is 1.49. The second-order valence-electron chi connectivity index (χ2n) is 6.70. The van der Waals surface area contributed by atoms with Gasteiger partial charge in [-0.1, -0.05) is 23.2 Å². The first kappa shape index (κ1) is 21.1. The quantitative estimate of drug-likeness (QED) is 0.571. The first-order valence-electron chi connectivity index (χ1n) is 9.19. The van der Waals surface area contributed by atoms with Crippen LogP contribution in [0.4, 0.5) is 0 Å². The van der Waals surface area contributed by atoms with E-state index in [1.807, 2.05) is 24.3 Å². The highest BCUT2D eigenvalue weighted by atomic mass is 35.5. The van der Waals surface area contributed by atoms with E-state index < -0.39 is 0 Å². The summed E-state index contributed by atoms with van der Waals surface area (Å²) in [7, 11) is 1.60. The molecule has 1 heterocycles. The maximum absolute atomic E-state index is 12.6. The average molecular weight is 434 g/mol. The number of carbonyl (C=O) groups is 2. The minimum atomic E-state index is -0.187. The van der Waals surface area contributed by atoms with E-state index in [2.05, 4.69) is 10.5 Å². The molecule has 3 rings (SSSR count). The van der Waals surface area contributed by atoms with E-state index in [-0.39, 0.29) is 17.7 Å². The Morgan fingerprint density at radius 2 is 1.83 bits per heavy atom. The fraction of sp³-hybridized carbons (Fsp3) is 0.286. The molecule has 2 aromatic rings. The van der Waals surface area contributed by atoms with Crippen molar-refractivity contribution in [3.8, 4) is 5.75 Å². The third-order valence-electron chi connectivity index (χ3n) is 4.82. The summed E-state index contributed by atoms with van der Waals surface area (Å²) in [6, 6.07) is 12.2. The summed E-state index contributed by atoms with van der Waals surface area (Å²) in [5, 5.41) is 4.83. The number of methoxy groups -OCH3 is 1. The summed E-state index contributed by atoms with van der Waals surface area (Å²) in [4.78, 5) is 26.7. The zero-order valence-electron chi connectivity index (χ0n) is 15.9. The second-order valence-corrected chi connectivity index (χ2v) is 7.54. The molecule has 29 heavy (non-hydrogen) atoms. The Hall–Kier alpha value is -2.57. The van der Waals surface area contributed by atoms with Crippen LogP contribution in [-0.4, -0.2) is 43.1 Å². The highest BCUT2D eigenvalue weighted by Crippen LogP contribution is 2.25. The lowest BCUT2D eigenvalue weighted by Gasteiger charge is -2.31. The highest BCUT2D eigenvalue weighted by molar-refractivity contribution is 6.36. The van der Waals surface area contributed by atoms with Gasteiger partial charge in [0.1, 0.15) is 5.75 Å². The van der Waals surface area contributed by atoms with Gasteiger partial charge in [0.15, 0.2) is 0 Å². The van der Waals surface area contributed by atoms with Crippen LogP contribution in [0.25, 0.3) is 0 Å². The predicted octanol–water partition coefficient (Wildman–Crippen LogP) is 4.00. The molecule has 0 aromatic heterocycles. The minimum Gasteiger partial charge on any atom is -0.497 e. The van der Waals surface area contributed by atoms with E-state index in [0.29, 0.717) is 41.5 Å². The fourth-order valence-corrected chi connectivity index (χ4v) is 3.62. The first-order valence-corrected chi connectivity index (χ1v) is 9.95. The maximum atomic E-state index is 12.6. The number of nitrogens with zero attached hydrogens (tertiary/aromatic N) is 2. The van der Waals surface area contributed by atoms with Crippen LogP contribution in [-0.2, 0) is 4.79 Å². The molecule has 1 aliphatic heterocycles. The van der Waals surface area contributed by atoms with Crippen molar-refractivity contribution >= 4 is 41.2 Å². The number of hydrazone groups is 1. The number of hydrogen-bond acceptors (Lipinski definition) is 4. The molecule has 1 aliphatic rings. The molecule has 0 saturated carbocycles. The van der Waals surface area contributed by atoms with Gasteiger partial charge in [-0.3, -0.25) is 9.59 Å². The Bertz CT molecular complexity index is 908. The third-order valence-corrected chi connectivity index (χ3v) is 5.37. The van der Waals surface area contributed by atoms with Gasteiger partial charge in [-0.05, 0) is 60.9 Å². The fourth-order valence-electron chi connectivity index (χ4n) is 3.13. The number of piperidine rings is 1. The smallest absolute Gasteiger partial charge is 0.255 e. The van der Waals surface area contributed by atoms with Crippen LogP contribution in [0.15, 0.2) is 47.6 Å². The Morgan fingerprint density at radius 1 is 1.14 bits per heavy atom. The zero-order valence-corrected chi connectivity index (χ0v) is 17.4. The molecular formula is C21H21Cl2N3O3. The number of hydrogen-bond donors (Lipinski definition) is 1. The number of benzene rings is 2. The van der Waals surface area contributed by atoms with Crippen molar-refractivity contribution in [3.63, 3.8) is 0 Å². The van der Waals surface area contributed by atoms with E-state index in [4.69, 9.17) is 27.9 Å². The van der Waals surface area contributed by atoms with E-state index >= 15 is 0 Å². The topological polar surface area (TPSA) is 71.0 Å². The van der Waals surface area contributed by atoms with Crippen LogP contribution >= 0.6 is 23.2 Å². The first-order chi connectivity index (χ1) is 14.0. The van der Waals surface area contributed by atoms with E-state index in [1.165, 1.54) is 0 Å². The van der Waals surface area contributed by atoms with Gasteiger partial charge in [-0.2, -0.15) is 5.10 Å². The minimum absolute atomic E-state index is 0.147. The summed E-state index contributed by atoms with van der Waals surface area (Å²) in [6.07, 6.45) is 2.72. The van der Waals surface area contributed by atoms with Crippen LogP contribution in [0.5, 0.6) is 5.75 Å². The summed E-state index contributed by atoms with van der Waals surface area (Å²) < 4.78 is 5.10. The highest BCUT2D eigenvalue weighted by Gasteiger charge is 2.28. The summed E-state index contributed by atoms with van der Waals surface area (Å²) in [5.41, 5.74) is 3.85. The molecule has 2 amide bonds. The van der Waals surface area contributed by atoms with Gasteiger partial charge < -0.3 is 9.64 Å². The van der Waals surface area contributed by atoms with Crippen molar-refractivity contribution < 1.29 is 14.3 Å². The van der Waals surface area contributed by atoms with Crippen LogP contribution in [0.3, 0.4) is 0 Å². The van der Waals surface area contributed by atoms with Gasteiger partial charge >= 0.3 is 0 Å². The molecule has 8 heteroatoms. The largest absolute Gasteiger partial charge is 0.497 e. The summed E-state index contributed by atoms with van der Waals surface area (Å²) in [6.45, 7) is 0.968. The second kappa shape index (κ2) is 9.76. The van der Waals surface area contributed by atoms with Crippen molar-refractivity contribution in [3.05, 3.63) is 63.6 Å². The number of ether oxygens (including phenoxy) is 1. The molecule has 0 bridgehead atoms. The molecule has 6 nitrogen and oxygen atoms in total. The molecule has 2 aromatic carbocycles. The van der Waals surface area contributed by atoms with Crippen molar-refractivity contribution in [2.24, 2.45) is 11.0 Å². The molecule has 0 aliphatic carbocycles. The summed E-state index contributed by atoms with van der Waals surface area (Å²) in [5.74, 6) is 0.273. The monoisotopic (exact) mass is 433 g/mol. The average Bonchev–Trinajstić information content (AvgIpc) is 2.74. The van der Waals surface area contributed by atoms with E-state index in [9.17, 15) is 9.59 Å². The molecule has 1 fully saturated rings. The van der Waals surface area contributed by atoms with Crippen molar-refractivity contribution in [2.45, 2.75) is 12.8 Å². The molecule has 1 saturated heterocycles. The van der Waals surface area contributed by atoms with E-state index in [0.717, 1.165) is 11.3 Å². The standard InChI is InChI=1S/C21H21Cl2N3O3/c1-29-17-5-2-14(3-6-17)13-24-25-20(27)15-8-10-26(11-9-15)21(28)18-7-4-16(22)12-19(18)23/h2-7,12-13,15H,8-11H2,1H3,(H,25,27)/b24-13-. The molecule has 0 unspecified atom stereocenters. The van der Waals surface area contributed by atoms with Gasteiger partial charge in [0.25, 0.3) is 5.91 Å². The number of halogens is 2. The normalized spacial score (nSPS) is 14.8. The lowest BCUT2D eigenvalue weighted by molar-refractivity contribution is -0.126. The number of carbonyl (C=O) groups excluding carboxylic acids is 2. The van der Waals surface area contributed by atoms with Gasteiger partial charge in [0.2, 0.25) is 5.91 Å². The van der Waals surface area contributed by atoms with Crippen LogP contribution < -0.4 is 10.2 Å². The molecule has 1 N–H and O–H groups in total. The van der Waals surface area contributed by atoms with E-state index in [1.54, 1.807) is 36.4 Å². The van der Waals surface area contributed by atoms with Gasteiger partial charge in [-0.15, -0.1) is 0 Å². The number of amides is 2. The van der Waals surface area contributed by atoms with Gasteiger partial charge in [-0.25, -0.2) is 5.43 Å². The number of likely N-dealkylation sites (tertiary alicyclic amines) is 1. The molecule has 0 radical (unpaired) electrons. The van der Waals surface area contributed by atoms with Crippen molar-refractivity contribution in [1.29, 1.82) is 0 Å². The summed E-state index contributed by atoms with van der Waals surface area (Å²) >= 11 is 12.0. The third kappa shape index (κ3) is 5.49. The number of rotatable bonds is 5. The molecule has 0 atom stereocenters. The SMILES string of the molecule is COc1ccc(/C=N\NC(=O)C2CCN(C(=O)c3ccc(Cl)cc3Cl)CC2)cc1. The molecule has 0 spiro atoms. The Labute approximate surface area is 179 Å². The van der Waals surface area contributed by atoms with Crippen molar-refractivity contribution in [2.75, 3.05) is 20.2 Å². The van der Waals surface area contributed by atoms with Crippen molar-refractivity contribution in [1.82, 2.24) is 10.3 Å². The number of nitrogens with one attached hydrogen (secondary N) is 1. The van der Waals surface area contributed by atoms with Crippen LogP contribution in [0.2, 0.25) is 10.0 Å². The van der Waals surface area contributed by atoms with Crippen LogP contribution in [0.1, 0.15) is 28.8 Å². The van der Waals surface area contributed by atoms with Crippen LogP contribution in [0, 0.1) is 5.92 Å². The lowest BCUT2D eigenvalue weighted by atomic mass is 9.95. The molecule has 152 valence electrons. The maximum Gasteiger partial charge on any atom is 0.255 e. The molecular weight excluding hydrogens is 413 g/mol. The Morgan fingerprint density at radius 3 is 2.45 bits per heavy atom. The van der Waals surface area contributed by atoms with Gasteiger partial charge in [0, 0.05) is 24.0 Å².